The van der Waals surface area contributed by atoms with Gasteiger partial charge in [0.1, 0.15) is 34.8 Å². The molecule has 25 rings (SSSR count). The van der Waals surface area contributed by atoms with Crippen molar-refractivity contribution >= 4 is 173 Å². The Morgan fingerprint density at radius 1 is 0.389 bits per heavy atom. The van der Waals surface area contributed by atoms with Crippen LogP contribution >= 0.6 is 90.5 Å². The molecule has 6 aromatic heterocycles. The Hall–Kier alpha value is -12.7. The molecule has 6 atom stereocenters. The van der Waals surface area contributed by atoms with E-state index in [9.17, 15) is 39.9 Å². The van der Waals surface area contributed by atoms with Crippen LogP contribution in [0.25, 0.3) is 65.4 Å². The Morgan fingerprint density at radius 2 is 0.752 bits per heavy atom. The molecule has 31 heteroatoms. The lowest BCUT2D eigenvalue weighted by Gasteiger charge is -2.38. The van der Waals surface area contributed by atoms with Gasteiger partial charge in [0.15, 0.2) is 5.11 Å². The first kappa shape index (κ1) is 103. The van der Waals surface area contributed by atoms with Crippen LogP contribution in [0.2, 0.25) is 20.1 Å². The molecule has 19 aromatic rings. The summed E-state index contributed by atoms with van der Waals surface area (Å²) in [5, 5.41) is 30.5. The van der Waals surface area contributed by atoms with Crippen LogP contribution in [0.3, 0.4) is 0 Å². The molecule has 6 unspecified atom stereocenters. The molecule has 2 amide bonds. The van der Waals surface area contributed by atoms with Gasteiger partial charge in [0.25, 0.3) is 0 Å². The van der Waals surface area contributed by atoms with E-state index in [-0.39, 0.29) is 42.3 Å². The second-order valence-corrected chi connectivity index (χ2v) is 42.4. The number of aromatic nitrogens is 6. The third-order valence-corrected chi connectivity index (χ3v) is 30.7. The zero-order chi connectivity index (χ0) is 104. The quantitative estimate of drug-likeness (QED) is 0.0465. The monoisotopic (exact) mass is 2230 g/mol. The van der Waals surface area contributed by atoms with Crippen LogP contribution in [0, 0.1) is 29.1 Å². The minimum Gasteiger partial charge on any atom is -0.497 e. The lowest BCUT2D eigenvalue weighted by molar-refractivity contribution is -0.137. The number of urea groups is 1. The minimum atomic E-state index is -4.32. The first-order chi connectivity index (χ1) is 71.9. The van der Waals surface area contributed by atoms with Gasteiger partial charge in [-0.3, -0.25) is 0 Å². The van der Waals surface area contributed by atoms with Gasteiger partial charge >= 0.3 is 12.2 Å². The van der Waals surface area contributed by atoms with E-state index in [0.29, 0.717) is 56.8 Å². The van der Waals surface area contributed by atoms with Crippen LogP contribution in [0.4, 0.5) is 45.6 Å². The number of carbonyl (C=O) groups is 1. The number of halogens is 14. The summed E-state index contributed by atoms with van der Waals surface area (Å²) >= 11 is 37.5. The summed E-state index contributed by atoms with van der Waals surface area (Å²) in [6.45, 7) is 13.4. The number of hydrogen-bond donors (Lipinski definition) is 12. The third kappa shape index (κ3) is 22.2. The van der Waals surface area contributed by atoms with Crippen LogP contribution in [0.15, 0.2) is 282 Å². The highest BCUT2D eigenvalue weighted by atomic mass is 79.9. The molecular formula is C118H104Br2Cl4F8N14O2S. The fraction of sp³-hybridized carbons (Fsp3) is 0.220. The maximum atomic E-state index is 14.1. The van der Waals surface area contributed by atoms with Crippen molar-refractivity contribution in [3.8, 4) is 5.75 Å². The van der Waals surface area contributed by atoms with E-state index in [0.717, 1.165) is 203 Å². The number of methoxy groups -OCH3 is 1. The van der Waals surface area contributed by atoms with Gasteiger partial charge in [-0.15, -0.1) is 0 Å². The molecule has 0 spiro atoms. The number of anilines is 1. The van der Waals surface area contributed by atoms with Crippen molar-refractivity contribution in [1.82, 2.24) is 66.3 Å². The first-order valence-corrected chi connectivity index (χ1v) is 52.9. The summed E-state index contributed by atoms with van der Waals surface area (Å²) < 4.78 is 114. The van der Waals surface area contributed by atoms with Crippen molar-refractivity contribution in [3.63, 3.8) is 0 Å². The third-order valence-electron chi connectivity index (χ3n) is 28.4. The average Bonchev–Trinajstić information content (AvgIpc) is 1.37. The Labute approximate surface area is 897 Å². The summed E-state index contributed by atoms with van der Waals surface area (Å²) in [7, 11) is 1.62. The van der Waals surface area contributed by atoms with Gasteiger partial charge < -0.3 is 76.3 Å². The van der Waals surface area contributed by atoms with Crippen LogP contribution in [0.1, 0.15) is 182 Å². The molecular weight excluding hydrogens is 2130 g/mol. The van der Waals surface area contributed by atoms with Crippen molar-refractivity contribution in [1.29, 1.82) is 0 Å². The van der Waals surface area contributed by atoms with Gasteiger partial charge in [-0.1, -0.05) is 189 Å². The molecule has 149 heavy (non-hydrogen) atoms. The highest BCUT2D eigenvalue weighted by Crippen LogP contribution is 2.46. The Kier molecular flexibility index (Phi) is 30.8. The van der Waals surface area contributed by atoms with E-state index in [2.05, 4.69) is 217 Å². The van der Waals surface area contributed by atoms with Crippen molar-refractivity contribution in [2.45, 2.75) is 121 Å². The van der Waals surface area contributed by atoms with Crippen LogP contribution in [-0.4, -0.2) is 103 Å². The van der Waals surface area contributed by atoms with Gasteiger partial charge in [0, 0.05) is 203 Å². The molecule has 0 saturated heterocycles. The highest BCUT2D eigenvalue weighted by Gasteiger charge is 2.39. The number of amides is 2. The maximum Gasteiger partial charge on any atom is 0.416 e. The van der Waals surface area contributed by atoms with Crippen LogP contribution < -0.4 is 36.6 Å². The fourth-order valence-electron chi connectivity index (χ4n) is 21.5. The van der Waals surface area contributed by atoms with Gasteiger partial charge in [-0.05, 0) is 295 Å². The summed E-state index contributed by atoms with van der Waals surface area (Å²) in [5.41, 5.74) is 26.6. The number of nitrogens with one attached hydrogen (secondary N) is 12. The molecule has 0 fully saturated rings. The number of benzene rings is 13. The Balaban J connectivity index is 0.000000109. The number of nitrogens with zero attached hydrogens (tertiary/aromatic N) is 2. The molecule has 0 bridgehead atoms. The van der Waals surface area contributed by atoms with Gasteiger partial charge in [-0.2, -0.15) is 13.2 Å². The largest absolute Gasteiger partial charge is 0.497 e. The number of thiocarbonyl (C=S) groups is 1. The van der Waals surface area contributed by atoms with E-state index in [4.69, 9.17) is 63.4 Å². The summed E-state index contributed by atoms with van der Waals surface area (Å²) in [5.74, 6) is -1.29. The Morgan fingerprint density at radius 3 is 1.15 bits per heavy atom. The van der Waals surface area contributed by atoms with Crippen molar-refractivity contribution in [3.05, 3.63) is 443 Å². The predicted octanol–water partition coefficient (Wildman–Crippen LogP) is 30.3. The molecule has 0 radical (unpaired) electrons. The van der Waals surface area contributed by atoms with E-state index in [1.165, 1.54) is 121 Å². The summed E-state index contributed by atoms with van der Waals surface area (Å²) in [4.78, 5) is 38.3. The Bertz CT molecular complexity index is 8050. The molecule has 0 saturated carbocycles. The number of alkyl halides is 3. The molecule has 13 aromatic carbocycles. The van der Waals surface area contributed by atoms with Crippen molar-refractivity contribution < 1.29 is 44.7 Å². The zero-order valence-corrected chi connectivity index (χ0v) is 88.5. The second kappa shape index (κ2) is 44.4. The van der Waals surface area contributed by atoms with Crippen molar-refractivity contribution in [2.24, 2.45) is 0 Å². The van der Waals surface area contributed by atoms with E-state index < -0.39 is 40.8 Å². The van der Waals surface area contributed by atoms with E-state index in [1.807, 2.05) is 97.1 Å². The number of fused-ring (bicyclic) bond motifs is 18. The van der Waals surface area contributed by atoms with Gasteiger partial charge in [-0.25, -0.2) is 26.7 Å². The molecule has 16 nitrogen and oxygen atoms in total. The van der Waals surface area contributed by atoms with Crippen molar-refractivity contribution in [2.75, 3.05) is 51.7 Å². The summed E-state index contributed by atoms with van der Waals surface area (Å²) in [6, 6.07) is 81.0. The molecule has 6 aliphatic rings. The number of ether oxygens (including phenoxy) is 1. The highest BCUT2D eigenvalue weighted by molar-refractivity contribution is 9.10. The second-order valence-electron chi connectivity index (χ2n) is 38.5. The van der Waals surface area contributed by atoms with Gasteiger partial charge in [0.2, 0.25) is 0 Å². The zero-order valence-electron chi connectivity index (χ0n) is 81.5. The minimum absolute atomic E-state index is 0.102. The fourth-order valence-corrected chi connectivity index (χ4v) is 23.3. The molecule has 12 N–H and O–H groups in total. The lowest BCUT2D eigenvalue weighted by Crippen LogP contribution is -2.47. The number of hydrogen-bond acceptors (Lipinski definition) is 7. The number of H-pyrrole nitrogens is 6. The SMILES string of the molecule is CC(C)NC(=S)N1CCc2c([nH]c3ccc(Br)cc23)C1c1ccccc1.CC(C)c1ccc(C2NCCc3c2[nH]c2ccc(Cl)cc32)cc1.COc1ccc(C2c3[nH]c4ccc(Cl)cc4c3CCN2C(=O)Nc2cccc(F)c2)cc1.FC(F)(F)c1ccc(C2NCCc3c2[nH]c2ccc(Cl)cc32)cc1.Fc1ccc(C2NCCc3c2[nH]c2ccc(Br)cc32)c(F)c1.Fc1ccc(C2NCCc3c2[nH]c2ccc(Cl)cc32)c(F)c1. The number of aromatic amines is 6. The topological polar surface area (TPSA) is 200 Å². The molecule has 6 aliphatic heterocycles. The van der Waals surface area contributed by atoms with Gasteiger partial charge in [0.05, 0.1) is 48.9 Å². The van der Waals surface area contributed by atoms with E-state index in [1.54, 1.807) is 24.1 Å². The maximum absolute atomic E-state index is 14.1. The number of rotatable bonds is 10. The van der Waals surface area contributed by atoms with E-state index >= 15 is 0 Å². The summed E-state index contributed by atoms with van der Waals surface area (Å²) in [6.07, 6.45) is 0.957. The standard InChI is InChI=1S/C25H21ClFN3O2.C21H22BrN3S.C20H21ClN2.C18H14ClF3N2.C17H13BrF2N2.C17H13ClF2N2/c1-32-19-8-5-15(6-9-19)24-23-20(21-13-16(26)7-10-22(21)29-23)11-12-30(24)25(31)28-18-4-2-3-17(27)14-18;1-13(2)23-21(26)25-11-10-16-17-12-15(22)8-9-18(17)24-19(16)20(25)14-6-4-3-5-7-14;1-12(2)13-3-5-14(6-4-13)19-20-16(9-10-22-19)17-11-15(21)7-8-18(17)23-20;19-12-5-6-15-14(9-12)13-7-8-23-16(17(13)24-15)10-1-3-11(4-2-10)18(20,21)22;2*18-9-1-4-15-13(7-9)11-5-6-21-16(17(11)22-15)12-3-2-10(19)8-14(12)20/h2-10,13-14,24,29H,11-12H2,1H3,(H,28,31);3-9,12-13,20,24H,10-11H2,1-2H3,(H,23,26);3-8,11-12,19,22-23H,9-10H2,1-2H3;1-6,9,16,23-24H,7-8H2;2*1-4,7-8,16,21-22H,5-6H2. The molecule has 762 valence electrons. The normalized spacial score (nSPS) is 17.1. The lowest BCUT2D eigenvalue weighted by atomic mass is 9.92. The van der Waals surface area contributed by atoms with Crippen LogP contribution in [0.5, 0.6) is 5.75 Å². The smallest absolute Gasteiger partial charge is 0.416 e. The predicted molar refractivity (Wildman–Crippen MR) is 594 cm³/mol. The number of carbonyl (C=O) groups excluding carboxylic acids is 1. The molecule has 12 heterocycles. The average molecular weight is 2240 g/mol. The molecule has 0 aliphatic carbocycles. The first-order valence-electron chi connectivity index (χ1n) is 49.4. The van der Waals surface area contributed by atoms with Crippen LogP contribution in [-0.2, 0) is 44.7 Å².